The molecule has 0 spiro atoms. The molecule has 1 unspecified atom stereocenters. The summed E-state index contributed by atoms with van der Waals surface area (Å²) in [5, 5.41) is 23.2. The van der Waals surface area contributed by atoms with Crippen molar-refractivity contribution in [3.05, 3.63) is 79.7 Å². The van der Waals surface area contributed by atoms with Crippen molar-refractivity contribution in [2.24, 2.45) is 0 Å². The van der Waals surface area contributed by atoms with Crippen LogP contribution in [0.25, 0.3) is 6.08 Å². The Hall–Kier alpha value is -4.23. The second-order valence-electron chi connectivity index (χ2n) is 8.06. The number of H-pyrrole nitrogens is 1. The third kappa shape index (κ3) is 6.71. The summed E-state index contributed by atoms with van der Waals surface area (Å²) in [5.74, 6) is -2.14. The van der Waals surface area contributed by atoms with Crippen LogP contribution >= 0.6 is 0 Å². The maximum absolute atomic E-state index is 12.3. The molecule has 1 saturated heterocycles. The molecule has 2 aromatic rings. The molecular weight excluding hydrogens is 508 g/mol. The average molecular weight is 533 g/mol. The van der Waals surface area contributed by atoms with Crippen LogP contribution in [0.15, 0.2) is 62.9 Å². The van der Waals surface area contributed by atoms with Crippen LogP contribution in [-0.4, -0.2) is 56.7 Å². The fraction of sp³-hybridized carbons (Fsp3) is 0.261. The van der Waals surface area contributed by atoms with Gasteiger partial charge in [-0.15, -0.1) is 5.73 Å². The van der Waals surface area contributed by atoms with Crippen LogP contribution in [0.4, 0.5) is 10.5 Å². The second kappa shape index (κ2) is 11.2. The van der Waals surface area contributed by atoms with Crippen LogP contribution in [0.5, 0.6) is 5.88 Å². The molecule has 1 aliphatic heterocycles. The van der Waals surface area contributed by atoms with Gasteiger partial charge in [-0.05, 0) is 43.5 Å². The van der Waals surface area contributed by atoms with E-state index in [4.69, 9.17) is 4.55 Å². The van der Waals surface area contributed by atoms with Gasteiger partial charge in [0, 0.05) is 12.2 Å². The normalized spacial score (nSPS) is 16.9. The van der Waals surface area contributed by atoms with E-state index in [1.54, 1.807) is 37.3 Å². The molecule has 1 aliphatic rings. The number of aliphatic hydroxyl groups excluding tert-OH is 1. The largest absolute Gasteiger partial charge is 0.494 e. The number of nitrogens with one attached hydrogen (secondary N) is 2. The maximum Gasteiger partial charge on any atom is 0.331 e. The predicted molar refractivity (Wildman–Crippen MR) is 132 cm³/mol. The fourth-order valence-electron chi connectivity index (χ4n) is 3.48. The highest BCUT2D eigenvalue weighted by atomic mass is 32.2. The molecule has 0 saturated carbocycles. The van der Waals surface area contributed by atoms with Crippen molar-refractivity contribution in [3.8, 4) is 5.88 Å². The zero-order valence-corrected chi connectivity index (χ0v) is 20.4. The van der Waals surface area contributed by atoms with Crippen LogP contribution < -0.4 is 21.5 Å². The zero-order valence-electron chi connectivity index (χ0n) is 19.5. The number of benzene rings is 1. The van der Waals surface area contributed by atoms with Gasteiger partial charge in [0.15, 0.2) is 6.23 Å². The number of para-hydroxylation sites is 1. The lowest BCUT2D eigenvalue weighted by atomic mass is 10.1. The Morgan fingerprint density at radius 2 is 1.84 bits per heavy atom. The molecule has 13 nitrogen and oxygen atoms in total. The smallest absolute Gasteiger partial charge is 0.331 e. The van der Waals surface area contributed by atoms with Gasteiger partial charge in [-0.25, -0.2) is 9.59 Å². The number of aromatic nitrogens is 2. The molecule has 37 heavy (non-hydrogen) atoms. The number of amides is 3. The molecule has 1 aromatic heterocycles. The molecule has 196 valence electrons. The van der Waals surface area contributed by atoms with Crippen LogP contribution in [0.2, 0.25) is 0 Å². The molecule has 0 bridgehead atoms. The Morgan fingerprint density at radius 3 is 2.49 bits per heavy atom. The van der Waals surface area contributed by atoms with Crippen molar-refractivity contribution in [3.63, 3.8) is 0 Å². The van der Waals surface area contributed by atoms with E-state index in [9.17, 15) is 37.8 Å². The van der Waals surface area contributed by atoms with Gasteiger partial charge in [0.1, 0.15) is 5.56 Å². The summed E-state index contributed by atoms with van der Waals surface area (Å²) in [6, 6.07) is 7.47. The van der Waals surface area contributed by atoms with Crippen LogP contribution in [0.1, 0.15) is 25.3 Å². The Kier molecular flexibility index (Phi) is 8.30. The maximum atomic E-state index is 12.3. The lowest BCUT2D eigenvalue weighted by Crippen LogP contribution is -2.56. The highest BCUT2D eigenvalue weighted by Crippen LogP contribution is 2.24. The third-order valence-electron chi connectivity index (χ3n) is 5.34. The van der Waals surface area contributed by atoms with Crippen LogP contribution in [-0.2, 0) is 21.5 Å². The first kappa shape index (κ1) is 27.4. The Labute approximate surface area is 210 Å². The molecule has 2 heterocycles. The number of hydrogen-bond acceptors (Lipinski definition) is 8. The lowest BCUT2D eigenvalue weighted by molar-refractivity contribution is -0.118. The number of rotatable bonds is 8. The van der Waals surface area contributed by atoms with Gasteiger partial charge >= 0.3 is 11.7 Å². The number of aliphatic hydroxyl groups is 1. The summed E-state index contributed by atoms with van der Waals surface area (Å²) < 4.78 is 31.3. The van der Waals surface area contributed by atoms with Crippen molar-refractivity contribution in [1.29, 1.82) is 0 Å². The highest BCUT2D eigenvalue weighted by molar-refractivity contribution is 7.85. The zero-order chi connectivity index (χ0) is 27.3. The van der Waals surface area contributed by atoms with E-state index >= 15 is 0 Å². The minimum atomic E-state index is -4.27. The molecule has 5 N–H and O–H groups in total. The summed E-state index contributed by atoms with van der Waals surface area (Å²) in [5.41, 5.74) is 1.30. The molecule has 3 amide bonds. The van der Waals surface area contributed by atoms with Crippen molar-refractivity contribution < 1.29 is 32.8 Å². The minimum absolute atomic E-state index is 0.0692. The van der Waals surface area contributed by atoms with E-state index in [2.05, 4.69) is 11.0 Å². The highest BCUT2D eigenvalue weighted by Gasteiger charge is 2.36. The Bertz CT molecular complexity index is 1530. The van der Waals surface area contributed by atoms with E-state index in [0.29, 0.717) is 11.3 Å². The number of carbonyl (C=O) groups excluding carboxylic acids is 2. The predicted octanol–water partition coefficient (Wildman–Crippen LogP) is 0.470. The van der Waals surface area contributed by atoms with Crippen molar-refractivity contribution >= 4 is 33.8 Å². The Balaban J connectivity index is 1.85. The van der Waals surface area contributed by atoms with Crippen LogP contribution in [0, 0.1) is 0 Å². The molecule has 14 heteroatoms. The lowest BCUT2D eigenvalue weighted by Gasteiger charge is -2.33. The van der Waals surface area contributed by atoms with E-state index in [1.165, 1.54) is 6.08 Å². The number of aromatic amines is 1. The molecule has 1 aromatic carbocycles. The SMILES string of the molecule is CC(=C=Cc1c(O)n(CCCS(=O)(=O)O)c(=O)[nH]c1=O)CC=C1C(=O)NC(=O)N(c2ccccc2)C1O. The van der Waals surface area contributed by atoms with Gasteiger partial charge in [0.2, 0.25) is 5.88 Å². The number of imide groups is 1. The summed E-state index contributed by atoms with van der Waals surface area (Å²) in [7, 11) is -4.27. The summed E-state index contributed by atoms with van der Waals surface area (Å²) in [4.78, 5) is 51.7. The summed E-state index contributed by atoms with van der Waals surface area (Å²) in [6.07, 6.45) is 0.826. The summed E-state index contributed by atoms with van der Waals surface area (Å²) >= 11 is 0. The minimum Gasteiger partial charge on any atom is -0.494 e. The summed E-state index contributed by atoms with van der Waals surface area (Å²) in [6.45, 7) is 1.30. The molecule has 1 atom stereocenters. The third-order valence-corrected chi connectivity index (χ3v) is 6.15. The van der Waals surface area contributed by atoms with E-state index in [-0.39, 0.29) is 30.5 Å². The van der Waals surface area contributed by atoms with Gasteiger partial charge < -0.3 is 10.2 Å². The molecule has 1 fully saturated rings. The fourth-order valence-corrected chi connectivity index (χ4v) is 3.97. The van der Waals surface area contributed by atoms with Gasteiger partial charge in [0.25, 0.3) is 21.6 Å². The van der Waals surface area contributed by atoms with Gasteiger partial charge in [-0.1, -0.05) is 24.3 Å². The Morgan fingerprint density at radius 1 is 1.16 bits per heavy atom. The van der Waals surface area contributed by atoms with Crippen molar-refractivity contribution in [1.82, 2.24) is 14.9 Å². The topological polar surface area (TPSA) is 199 Å². The quantitative estimate of drug-likeness (QED) is 0.182. The number of carbonyl (C=O) groups is 2. The average Bonchev–Trinajstić information content (AvgIpc) is 2.80. The first-order valence-electron chi connectivity index (χ1n) is 10.9. The molecule has 0 aliphatic carbocycles. The van der Waals surface area contributed by atoms with Crippen molar-refractivity contribution in [2.45, 2.75) is 32.5 Å². The van der Waals surface area contributed by atoms with Gasteiger partial charge in [0.05, 0.1) is 11.3 Å². The first-order chi connectivity index (χ1) is 17.4. The number of urea groups is 1. The number of anilines is 1. The molecule has 3 rings (SSSR count). The molecular formula is C23H24N4O9S. The first-order valence-corrected chi connectivity index (χ1v) is 12.5. The number of aromatic hydroxyl groups is 1. The van der Waals surface area contributed by atoms with E-state index in [1.807, 2.05) is 4.98 Å². The monoisotopic (exact) mass is 532 g/mol. The van der Waals surface area contributed by atoms with Gasteiger partial charge in [-0.2, -0.15) is 8.42 Å². The molecule has 0 radical (unpaired) electrons. The second-order valence-corrected chi connectivity index (χ2v) is 9.63. The van der Waals surface area contributed by atoms with Crippen molar-refractivity contribution in [2.75, 3.05) is 10.7 Å². The van der Waals surface area contributed by atoms with Gasteiger partial charge in [-0.3, -0.25) is 33.9 Å². The van der Waals surface area contributed by atoms with Crippen LogP contribution in [0.3, 0.4) is 0 Å². The number of hydrogen-bond donors (Lipinski definition) is 5. The standard InChI is InChI=1S/C23H24N4O9S/c1-14(8-10-16-18(28)24-22(32)26(20(16)30)12-5-13-37(34,35)36)9-11-17-19(29)25-23(33)27(21(17)31)15-6-3-2-4-7-15/h2-4,6-7,10-11,21,30-31H,5,9,12-13H2,1H3,(H,24,28,32)(H,25,29,33)(H,34,35,36). The number of allylic oxidation sites excluding steroid dienone is 2. The van der Waals surface area contributed by atoms with E-state index in [0.717, 1.165) is 15.5 Å². The van der Waals surface area contributed by atoms with E-state index < -0.39 is 51.2 Å². The number of nitrogens with zero attached hydrogens (tertiary/aromatic N) is 2.